The Morgan fingerprint density at radius 1 is 1.32 bits per heavy atom. The minimum atomic E-state index is 0.0621. The van der Waals surface area contributed by atoms with Gasteiger partial charge in [-0.3, -0.25) is 9.79 Å². The number of carbonyl (C=O) groups is 1. The Labute approximate surface area is 155 Å². The van der Waals surface area contributed by atoms with E-state index in [2.05, 4.69) is 46.8 Å². The fourth-order valence-corrected chi connectivity index (χ4v) is 3.79. The Morgan fingerprint density at radius 2 is 2.04 bits per heavy atom. The molecule has 1 saturated heterocycles. The SMILES string of the molecule is CN=C(NCC(C)Sc1ccccc1)NC1CCN(C(=O)C(C)C)C1. The van der Waals surface area contributed by atoms with Crippen LogP contribution in [-0.4, -0.2) is 54.7 Å². The van der Waals surface area contributed by atoms with E-state index in [0.29, 0.717) is 5.25 Å². The number of hydrogen-bond acceptors (Lipinski definition) is 3. The molecular formula is C19H30N4OS. The van der Waals surface area contributed by atoms with Crippen molar-refractivity contribution in [3.63, 3.8) is 0 Å². The van der Waals surface area contributed by atoms with Crippen LogP contribution in [0.4, 0.5) is 0 Å². The highest BCUT2D eigenvalue weighted by Gasteiger charge is 2.27. The predicted molar refractivity (Wildman–Crippen MR) is 106 cm³/mol. The first kappa shape index (κ1) is 19.6. The number of carbonyl (C=O) groups excluding carboxylic acids is 1. The number of nitrogens with zero attached hydrogens (tertiary/aromatic N) is 2. The van der Waals surface area contributed by atoms with Crippen LogP contribution in [0.15, 0.2) is 40.2 Å². The topological polar surface area (TPSA) is 56.7 Å². The maximum Gasteiger partial charge on any atom is 0.225 e. The monoisotopic (exact) mass is 362 g/mol. The van der Waals surface area contributed by atoms with Gasteiger partial charge in [-0.1, -0.05) is 39.0 Å². The Bertz CT molecular complexity index is 576. The van der Waals surface area contributed by atoms with Gasteiger partial charge in [0.25, 0.3) is 0 Å². The molecule has 2 rings (SSSR count). The van der Waals surface area contributed by atoms with E-state index in [0.717, 1.165) is 32.0 Å². The van der Waals surface area contributed by atoms with Crippen molar-refractivity contribution in [2.45, 2.75) is 43.4 Å². The van der Waals surface area contributed by atoms with E-state index in [4.69, 9.17) is 0 Å². The summed E-state index contributed by atoms with van der Waals surface area (Å²) in [6.45, 7) is 8.53. The lowest BCUT2D eigenvalue weighted by molar-refractivity contribution is -0.133. The third-order valence-corrected chi connectivity index (χ3v) is 5.31. The third-order valence-electron chi connectivity index (χ3n) is 4.20. The Morgan fingerprint density at radius 3 is 2.68 bits per heavy atom. The van der Waals surface area contributed by atoms with Crippen LogP contribution in [0.1, 0.15) is 27.2 Å². The molecule has 0 aromatic heterocycles. The average molecular weight is 363 g/mol. The van der Waals surface area contributed by atoms with Crippen molar-refractivity contribution in [1.29, 1.82) is 0 Å². The number of aliphatic imine (C=N–C) groups is 1. The zero-order chi connectivity index (χ0) is 18.2. The van der Waals surface area contributed by atoms with Crippen molar-refractivity contribution in [3.05, 3.63) is 30.3 Å². The van der Waals surface area contributed by atoms with Gasteiger partial charge in [-0.05, 0) is 18.6 Å². The highest BCUT2D eigenvalue weighted by atomic mass is 32.2. The van der Waals surface area contributed by atoms with Crippen LogP contribution >= 0.6 is 11.8 Å². The standard InChI is InChI=1S/C19H30N4OS/c1-14(2)18(24)23-11-10-16(13-23)22-19(20-4)21-12-15(3)25-17-8-6-5-7-9-17/h5-9,14-16H,10-13H2,1-4H3,(H2,20,21,22). The van der Waals surface area contributed by atoms with Crippen LogP contribution in [0, 0.1) is 5.92 Å². The molecule has 1 heterocycles. The number of amides is 1. The second-order valence-electron chi connectivity index (χ2n) is 6.76. The second-order valence-corrected chi connectivity index (χ2v) is 8.28. The molecule has 1 aromatic carbocycles. The average Bonchev–Trinajstić information content (AvgIpc) is 3.07. The molecule has 1 aliphatic rings. The van der Waals surface area contributed by atoms with Gasteiger partial charge in [0.1, 0.15) is 0 Å². The molecule has 0 aliphatic carbocycles. The minimum Gasteiger partial charge on any atom is -0.355 e. The molecule has 2 unspecified atom stereocenters. The predicted octanol–water partition coefficient (Wildman–Crippen LogP) is 2.59. The molecule has 1 amide bonds. The summed E-state index contributed by atoms with van der Waals surface area (Å²) < 4.78 is 0. The minimum absolute atomic E-state index is 0.0621. The number of nitrogens with one attached hydrogen (secondary N) is 2. The van der Waals surface area contributed by atoms with Crippen molar-refractivity contribution in [1.82, 2.24) is 15.5 Å². The molecule has 5 nitrogen and oxygen atoms in total. The normalized spacial score (nSPS) is 19.2. The van der Waals surface area contributed by atoms with Gasteiger partial charge < -0.3 is 15.5 Å². The van der Waals surface area contributed by atoms with Crippen LogP contribution in [-0.2, 0) is 4.79 Å². The lowest BCUT2D eigenvalue weighted by Gasteiger charge is -2.21. The third kappa shape index (κ3) is 6.27. The van der Waals surface area contributed by atoms with Gasteiger partial charge in [0.15, 0.2) is 5.96 Å². The number of hydrogen-bond donors (Lipinski definition) is 2. The fourth-order valence-electron chi connectivity index (χ4n) is 2.84. The van der Waals surface area contributed by atoms with Crippen molar-refractivity contribution in [2.24, 2.45) is 10.9 Å². The van der Waals surface area contributed by atoms with Gasteiger partial charge in [0, 0.05) is 48.8 Å². The molecular weight excluding hydrogens is 332 g/mol. The summed E-state index contributed by atoms with van der Waals surface area (Å²) in [5, 5.41) is 7.28. The summed E-state index contributed by atoms with van der Waals surface area (Å²) in [6, 6.07) is 10.7. The fraction of sp³-hybridized carbons (Fsp3) is 0.579. The molecule has 1 aliphatic heterocycles. The zero-order valence-electron chi connectivity index (χ0n) is 15.7. The lowest BCUT2D eigenvalue weighted by atomic mass is 10.2. The number of thioether (sulfide) groups is 1. The van der Waals surface area contributed by atoms with Gasteiger partial charge in [-0.2, -0.15) is 0 Å². The van der Waals surface area contributed by atoms with E-state index in [1.807, 2.05) is 36.6 Å². The molecule has 0 saturated carbocycles. The zero-order valence-corrected chi connectivity index (χ0v) is 16.5. The molecule has 2 N–H and O–H groups in total. The highest BCUT2D eigenvalue weighted by Crippen LogP contribution is 2.21. The van der Waals surface area contributed by atoms with E-state index in [1.165, 1.54) is 4.90 Å². The first-order valence-corrected chi connectivity index (χ1v) is 9.85. The van der Waals surface area contributed by atoms with Gasteiger partial charge in [0.2, 0.25) is 5.91 Å². The van der Waals surface area contributed by atoms with Gasteiger partial charge in [-0.15, -0.1) is 11.8 Å². The molecule has 0 bridgehead atoms. The molecule has 1 fully saturated rings. The van der Waals surface area contributed by atoms with Crippen LogP contribution < -0.4 is 10.6 Å². The lowest BCUT2D eigenvalue weighted by Crippen LogP contribution is -2.46. The maximum absolute atomic E-state index is 12.1. The summed E-state index contributed by atoms with van der Waals surface area (Å²) in [7, 11) is 1.79. The first-order valence-electron chi connectivity index (χ1n) is 8.97. The molecule has 0 radical (unpaired) electrons. The van der Waals surface area contributed by atoms with E-state index in [9.17, 15) is 4.79 Å². The van der Waals surface area contributed by atoms with Crippen molar-refractivity contribution < 1.29 is 4.79 Å². The molecule has 2 atom stereocenters. The van der Waals surface area contributed by atoms with Crippen molar-refractivity contribution in [2.75, 3.05) is 26.7 Å². The Balaban J connectivity index is 1.75. The van der Waals surface area contributed by atoms with E-state index in [-0.39, 0.29) is 17.9 Å². The molecule has 0 spiro atoms. The summed E-state index contributed by atoms with van der Waals surface area (Å²) in [4.78, 5) is 19.6. The maximum atomic E-state index is 12.1. The van der Waals surface area contributed by atoms with Crippen molar-refractivity contribution >= 4 is 23.6 Å². The highest BCUT2D eigenvalue weighted by molar-refractivity contribution is 8.00. The van der Waals surface area contributed by atoms with E-state index >= 15 is 0 Å². The number of guanidine groups is 1. The Hall–Kier alpha value is -1.69. The molecule has 1 aromatic rings. The quantitative estimate of drug-likeness (QED) is 0.464. The Kier molecular flexibility index (Phi) is 7.62. The second kappa shape index (κ2) is 9.70. The molecule has 25 heavy (non-hydrogen) atoms. The first-order chi connectivity index (χ1) is 12.0. The van der Waals surface area contributed by atoms with Crippen LogP contribution in [0.5, 0.6) is 0 Å². The van der Waals surface area contributed by atoms with Gasteiger partial charge in [-0.25, -0.2) is 0 Å². The summed E-state index contributed by atoms with van der Waals surface area (Å²) in [6.07, 6.45) is 0.966. The number of rotatable bonds is 6. The molecule has 138 valence electrons. The summed E-state index contributed by atoms with van der Waals surface area (Å²) in [5.74, 6) is 1.11. The van der Waals surface area contributed by atoms with Gasteiger partial charge in [0.05, 0.1) is 0 Å². The number of likely N-dealkylation sites (tertiary alicyclic amines) is 1. The summed E-state index contributed by atoms with van der Waals surface area (Å²) in [5.41, 5.74) is 0. The van der Waals surface area contributed by atoms with Gasteiger partial charge >= 0.3 is 0 Å². The largest absolute Gasteiger partial charge is 0.355 e. The molecule has 6 heteroatoms. The van der Waals surface area contributed by atoms with Crippen LogP contribution in [0.25, 0.3) is 0 Å². The van der Waals surface area contributed by atoms with E-state index < -0.39 is 0 Å². The summed E-state index contributed by atoms with van der Waals surface area (Å²) >= 11 is 1.85. The van der Waals surface area contributed by atoms with Crippen LogP contribution in [0.2, 0.25) is 0 Å². The number of benzene rings is 1. The van der Waals surface area contributed by atoms with Crippen molar-refractivity contribution in [3.8, 4) is 0 Å². The smallest absolute Gasteiger partial charge is 0.225 e. The van der Waals surface area contributed by atoms with Crippen LogP contribution in [0.3, 0.4) is 0 Å². The van der Waals surface area contributed by atoms with E-state index in [1.54, 1.807) is 7.05 Å².